The van der Waals surface area contributed by atoms with E-state index in [1.165, 1.54) is 0 Å². The van der Waals surface area contributed by atoms with E-state index >= 15 is 0 Å². The molecule has 0 atom stereocenters. The number of fused-ring (bicyclic) bond motifs is 1. The molecule has 0 N–H and O–H groups in total. The fourth-order valence-corrected chi connectivity index (χ4v) is 2.49. The number of rotatable bonds is 2. The first-order valence-electron chi connectivity index (χ1n) is 6.25. The average Bonchev–Trinajstić information content (AvgIpc) is 2.92. The van der Waals surface area contributed by atoms with Gasteiger partial charge in [-0.1, -0.05) is 12.1 Å². The van der Waals surface area contributed by atoms with E-state index in [0.717, 1.165) is 16.7 Å². The largest absolute Gasteiger partial charge is 0.295 e. The molecular formula is C16H9ClN4. The predicted octanol–water partition coefficient (Wildman–Crippen LogP) is 3.51. The Morgan fingerprint density at radius 3 is 2.52 bits per heavy atom. The number of hydrogen-bond donors (Lipinski definition) is 0. The number of alkyl halides is 1. The summed E-state index contributed by atoms with van der Waals surface area (Å²) >= 11 is 5.98. The lowest BCUT2D eigenvalue weighted by Crippen LogP contribution is -2.00. The Morgan fingerprint density at radius 2 is 1.81 bits per heavy atom. The third kappa shape index (κ3) is 2.12. The van der Waals surface area contributed by atoms with Crippen molar-refractivity contribution in [3.8, 4) is 17.8 Å². The summed E-state index contributed by atoms with van der Waals surface area (Å²) in [5, 5.41) is 18.2. The topological polar surface area (TPSA) is 65.4 Å². The van der Waals surface area contributed by atoms with Crippen molar-refractivity contribution in [3.05, 3.63) is 59.4 Å². The van der Waals surface area contributed by atoms with E-state index < -0.39 is 0 Å². The zero-order chi connectivity index (χ0) is 14.8. The van der Waals surface area contributed by atoms with Gasteiger partial charge < -0.3 is 0 Å². The van der Waals surface area contributed by atoms with Gasteiger partial charge in [-0.25, -0.2) is 4.98 Å². The van der Waals surface area contributed by atoms with Crippen LogP contribution in [0.15, 0.2) is 42.5 Å². The second-order valence-corrected chi connectivity index (χ2v) is 4.71. The zero-order valence-corrected chi connectivity index (χ0v) is 11.7. The molecule has 0 unspecified atom stereocenters. The molecule has 1 heterocycles. The molecule has 0 saturated carbocycles. The van der Waals surface area contributed by atoms with E-state index in [-0.39, 0.29) is 5.88 Å². The molecule has 0 saturated heterocycles. The summed E-state index contributed by atoms with van der Waals surface area (Å²) in [6.07, 6.45) is 0. The monoisotopic (exact) mass is 292 g/mol. The molecule has 21 heavy (non-hydrogen) atoms. The maximum absolute atomic E-state index is 9.16. The average molecular weight is 293 g/mol. The first-order valence-corrected chi connectivity index (χ1v) is 6.79. The lowest BCUT2D eigenvalue weighted by Gasteiger charge is -2.08. The molecule has 100 valence electrons. The van der Waals surface area contributed by atoms with Gasteiger partial charge in [0.2, 0.25) is 0 Å². The molecule has 3 rings (SSSR count). The molecule has 1 aromatic heterocycles. The first kappa shape index (κ1) is 13.2. The van der Waals surface area contributed by atoms with E-state index in [1.54, 1.807) is 18.2 Å². The number of halogens is 1. The fourth-order valence-electron chi connectivity index (χ4n) is 2.31. The fraction of sp³-hybridized carbons (Fsp3) is 0.0625. The van der Waals surface area contributed by atoms with Crippen molar-refractivity contribution in [3.63, 3.8) is 0 Å². The molecule has 2 aromatic carbocycles. The van der Waals surface area contributed by atoms with Gasteiger partial charge in [0.15, 0.2) is 0 Å². The molecule has 0 aliphatic carbocycles. The Labute approximate surface area is 126 Å². The van der Waals surface area contributed by atoms with E-state index in [9.17, 15) is 0 Å². The summed E-state index contributed by atoms with van der Waals surface area (Å²) in [7, 11) is 0. The number of aromatic nitrogens is 2. The van der Waals surface area contributed by atoms with Crippen molar-refractivity contribution in [1.29, 1.82) is 10.5 Å². The number of imidazole rings is 1. The minimum absolute atomic E-state index is 0.260. The van der Waals surface area contributed by atoms with Gasteiger partial charge in [-0.2, -0.15) is 10.5 Å². The summed E-state index contributed by atoms with van der Waals surface area (Å²) in [5.41, 5.74) is 3.24. The maximum Gasteiger partial charge on any atom is 0.129 e. The molecule has 5 heteroatoms. The quantitative estimate of drug-likeness (QED) is 0.679. The molecule has 0 bridgehead atoms. The first-order chi connectivity index (χ1) is 10.3. The van der Waals surface area contributed by atoms with Crippen molar-refractivity contribution < 1.29 is 0 Å². The minimum atomic E-state index is 0.260. The molecule has 0 fully saturated rings. The van der Waals surface area contributed by atoms with Crippen molar-refractivity contribution >= 4 is 22.6 Å². The van der Waals surface area contributed by atoms with Gasteiger partial charge >= 0.3 is 0 Å². The normalized spacial score (nSPS) is 10.2. The maximum atomic E-state index is 9.16. The number of para-hydroxylation sites is 2. The second kappa shape index (κ2) is 5.28. The Bertz CT molecular complexity index is 912. The van der Waals surface area contributed by atoms with Crippen LogP contribution in [-0.4, -0.2) is 9.55 Å². The Kier molecular flexibility index (Phi) is 3.31. The minimum Gasteiger partial charge on any atom is -0.295 e. The van der Waals surface area contributed by atoms with Crippen LogP contribution in [0.4, 0.5) is 0 Å². The van der Waals surface area contributed by atoms with Gasteiger partial charge in [0.05, 0.1) is 28.0 Å². The van der Waals surface area contributed by atoms with E-state index in [1.807, 2.05) is 41.0 Å². The van der Waals surface area contributed by atoms with Gasteiger partial charge in [-0.05, 0) is 30.3 Å². The highest BCUT2D eigenvalue weighted by Crippen LogP contribution is 2.24. The van der Waals surface area contributed by atoms with Crippen LogP contribution >= 0.6 is 11.6 Å². The van der Waals surface area contributed by atoms with Gasteiger partial charge in [-0.15, -0.1) is 11.6 Å². The number of nitrogens with zero attached hydrogens (tertiary/aromatic N) is 4. The van der Waals surface area contributed by atoms with Gasteiger partial charge in [-0.3, -0.25) is 4.57 Å². The molecule has 0 aliphatic heterocycles. The lowest BCUT2D eigenvalue weighted by atomic mass is 10.1. The SMILES string of the molecule is N#Cc1ccc(-n2c(CCl)nc3ccccc32)cc1C#N. The van der Waals surface area contributed by atoms with Crippen molar-refractivity contribution in [2.45, 2.75) is 5.88 Å². The zero-order valence-electron chi connectivity index (χ0n) is 10.9. The highest BCUT2D eigenvalue weighted by atomic mass is 35.5. The van der Waals surface area contributed by atoms with Crippen LogP contribution in [0, 0.1) is 22.7 Å². The Hall–Kier alpha value is -2.82. The number of nitriles is 2. The Morgan fingerprint density at radius 1 is 1.05 bits per heavy atom. The van der Waals surface area contributed by atoms with Crippen LogP contribution in [0.5, 0.6) is 0 Å². The molecule has 0 spiro atoms. The summed E-state index contributed by atoms with van der Waals surface area (Å²) < 4.78 is 1.91. The molecule has 0 amide bonds. The van der Waals surface area contributed by atoms with E-state index in [4.69, 9.17) is 22.1 Å². The number of hydrogen-bond acceptors (Lipinski definition) is 3. The number of benzene rings is 2. The van der Waals surface area contributed by atoms with Crippen molar-refractivity contribution in [2.75, 3.05) is 0 Å². The van der Waals surface area contributed by atoms with Gasteiger partial charge in [0.1, 0.15) is 18.0 Å². The van der Waals surface area contributed by atoms with Crippen LogP contribution in [0.25, 0.3) is 16.7 Å². The third-order valence-corrected chi connectivity index (χ3v) is 3.49. The van der Waals surface area contributed by atoms with E-state index in [0.29, 0.717) is 17.0 Å². The predicted molar refractivity (Wildman–Crippen MR) is 80.1 cm³/mol. The molecule has 4 nitrogen and oxygen atoms in total. The summed E-state index contributed by atoms with van der Waals surface area (Å²) in [4.78, 5) is 4.49. The molecular weight excluding hydrogens is 284 g/mol. The van der Waals surface area contributed by atoms with Crippen molar-refractivity contribution in [1.82, 2.24) is 9.55 Å². The van der Waals surface area contributed by atoms with Crippen molar-refractivity contribution in [2.24, 2.45) is 0 Å². The summed E-state index contributed by atoms with van der Waals surface area (Å²) in [6.45, 7) is 0. The van der Waals surface area contributed by atoms with Crippen LogP contribution < -0.4 is 0 Å². The highest BCUT2D eigenvalue weighted by molar-refractivity contribution is 6.17. The Balaban J connectivity index is 2.30. The van der Waals surface area contributed by atoms with Gasteiger partial charge in [0, 0.05) is 5.69 Å². The van der Waals surface area contributed by atoms with Crippen LogP contribution in [0.3, 0.4) is 0 Å². The van der Waals surface area contributed by atoms with Crippen LogP contribution in [0.2, 0.25) is 0 Å². The van der Waals surface area contributed by atoms with Crippen LogP contribution in [0.1, 0.15) is 17.0 Å². The summed E-state index contributed by atoms with van der Waals surface area (Å²) in [6, 6.07) is 16.9. The summed E-state index contributed by atoms with van der Waals surface area (Å²) in [5.74, 6) is 0.961. The smallest absolute Gasteiger partial charge is 0.129 e. The lowest BCUT2D eigenvalue weighted by molar-refractivity contribution is 0.981. The second-order valence-electron chi connectivity index (χ2n) is 4.44. The molecule has 3 aromatic rings. The third-order valence-electron chi connectivity index (χ3n) is 3.25. The van der Waals surface area contributed by atoms with E-state index in [2.05, 4.69) is 4.98 Å². The standard InChI is InChI=1S/C16H9ClN4/c17-8-16-20-14-3-1-2-4-15(14)21(16)13-6-5-11(9-18)12(7-13)10-19/h1-7H,8H2. The molecule has 0 aliphatic rings. The highest BCUT2D eigenvalue weighted by Gasteiger charge is 2.12. The van der Waals surface area contributed by atoms with Gasteiger partial charge in [0.25, 0.3) is 0 Å². The molecule has 0 radical (unpaired) electrons. The van der Waals surface area contributed by atoms with Crippen LogP contribution in [-0.2, 0) is 5.88 Å².